The number of carbonyl (C=O) groups is 2. The Kier molecular flexibility index (Phi) is 7.55. The molecule has 1 N–H and O–H groups in total. The van der Waals surface area contributed by atoms with E-state index in [4.69, 9.17) is 9.47 Å². The van der Waals surface area contributed by atoms with Crippen LogP contribution in [-0.4, -0.2) is 42.5 Å². The highest BCUT2D eigenvalue weighted by Gasteiger charge is 2.37. The number of hydrogen-bond donors (Lipinski definition) is 1. The quantitative estimate of drug-likeness (QED) is 0.630. The van der Waals surface area contributed by atoms with E-state index >= 15 is 0 Å². The second-order valence-corrected chi connectivity index (χ2v) is 7.97. The first kappa shape index (κ1) is 22.7. The van der Waals surface area contributed by atoms with E-state index in [0.717, 1.165) is 16.9 Å². The first-order chi connectivity index (χ1) is 15.0. The van der Waals surface area contributed by atoms with Crippen LogP contribution in [0.15, 0.2) is 42.5 Å². The summed E-state index contributed by atoms with van der Waals surface area (Å²) < 4.78 is 11.3. The maximum Gasteiger partial charge on any atom is 0.255 e. The van der Waals surface area contributed by atoms with Gasteiger partial charge in [0.1, 0.15) is 6.04 Å². The van der Waals surface area contributed by atoms with Crippen LogP contribution in [0.3, 0.4) is 0 Å². The van der Waals surface area contributed by atoms with Gasteiger partial charge in [0.15, 0.2) is 11.5 Å². The molecule has 6 heteroatoms. The van der Waals surface area contributed by atoms with E-state index in [-0.39, 0.29) is 17.7 Å². The van der Waals surface area contributed by atoms with Gasteiger partial charge in [0.05, 0.1) is 13.2 Å². The highest BCUT2D eigenvalue weighted by atomic mass is 16.5. The van der Waals surface area contributed by atoms with Crippen molar-refractivity contribution in [2.75, 3.05) is 19.8 Å². The molecule has 0 saturated heterocycles. The first-order valence-corrected chi connectivity index (χ1v) is 11.0. The lowest BCUT2D eigenvalue weighted by Gasteiger charge is -2.30. The summed E-state index contributed by atoms with van der Waals surface area (Å²) in [6, 6.07) is 12.9. The van der Waals surface area contributed by atoms with Gasteiger partial charge < -0.3 is 19.7 Å². The highest BCUT2D eigenvalue weighted by molar-refractivity contribution is 6.01. The van der Waals surface area contributed by atoms with Crippen LogP contribution in [0.2, 0.25) is 0 Å². The van der Waals surface area contributed by atoms with Crippen LogP contribution in [0.1, 0.15) is 49.2 Å². The molecule has 0 aromatic heterocycles. The number of benzene rings is 2. The molecule has 0 aliphatic carbocycles. The number of amides is 2. The lowest BCUT2D eigenvalue weighted by molar-refractivity contribution is -0.127. The second kappa shape index (κ2) is 10.3. The number of carbonyl (C=O) groups excluding carboxylic acids is 2. The standard InChI is InChI=1S/C25H32N2O4/c1-5-30-21-12-11-18(15-22(21)31-6-2)13-14-26-24(28)23(17(3)4)27-16-19-9-7-8-10-20(19)25(27)29/h7-12,15,17,23H,5-6,13-14,16H2,1-4H3,(H,26,28). The van der Waals surface area contributed by atoms with Crippen molar-refractivity contribution in [2.24, 2.45) is 5.92 Å². The predicted molar refractivity (Wildman–Crippen MR) is 120 cm³/mol. The molecule has 1 unspecified atom stereocenters. The summed E-state index contributed by atoms with van der Waals surface area (Å²) in [6.45, 7) is 9.91. The summed E-state index contributed by atoms with van der Waals surface area (Å²) in [4.78, 5) is 27.6. The van der Waals surface area contributed by atoms with Gasteiger partial charge >= 0.3 is 0 Å². The molecule has 31 heavy (non-hydrogen) atoms. The van der Waals surface area contributed by atoms with E-state index in [0.29, 0.717) is 44.0 Å². The normalized spacial score (nSPS) is 13.8. The van der Waals surface area contributed by atoms with Gasteiger partial charge in [0.2, 0.25) is 5.91 Å². The molecule has 0 saturated carbocycles. The van der Waals surface area contributed by atoms with Gasteiger partial charge in [-0.2, -0.15) is 0 Å². The number of nitrogens with zero attached hydrogens (tertiary/aromatic N) is 1. The maximum absolute atomic E-state index is 13.0. The fraction of sp³-hybridized carbons (Fsp3) is 0.440. The van der Waals surface area contributed by atoms with Crippen molar-refractivity contribution in [3.05, 3.63) is 59.2 Å². The van der Waals surface area contributed by atoms with Crippen LogP contribution in [0.25, 0.3) is 0 Å². The predicted octanol–water partition coefficient (Wildman–Crippen LogP) is 3.82. The minimum absolute atomic E-state index is 0.00768. The maximum atomic E-state index is 13.0. The van der Waals surface area contributed by atoms with E-state index in [9.17, 15) is 9.59 Å². The Balaban J connectivity index is 1.63. The second-order valence-electron chi connectivity index (χ2n) is 7.97. The third-order valence-corrected chi connectivity index (χ3v) is 5.41. The zero-order valence-corrected chi connectivity index (χ0v) is 18.8. The average molecular weight is 425 g/mol. The van der Waals surface area contributed by atoms with Crippen LogP contribution < -0.4 is 14.8 Å². The minimum Gasteiger partial charge on any atom is -0.490 e. The van der Waals surface area contributed by atoms with Crippen molar-refractivity contribution in [2.45, 2.75) is 46.7 Å². The molecule has 0 radical (unpaired) electrons. The van der Waals surface area contributed by atoms with Crippen molar-refractivity contribution in [1.29, 1.82) is 0 Å². The summed E-state index contributed by atoms with van der Waals surface area (Å²) in [6.07, 6.45) is 0.664. The molecule has 2 aromatic rings. The van der Waals surface area contributed by atoms with Gasteiger partial charge in [-0.15, -0.1) is 0 Å². The molecule has 0 bridgehead atoms. The van der Waals surface area contributed by atoms with Crippen molar-refractivity contribution < 1.29 is 19.1 Å². The molecule has 2 aromatic carbocycles. The first-order valence-electron chi connectivity index (χ1n) is 11.0. The van der Waals surface area contributed by atoms with Crippen molar-refractivity contribution >= 4 is 11.8 Å². The fourth-order valence-corrected chi connectivity index (χ4v) is 3.99. The summed E-state index contributed by atoms with van der Waals surface area (Å²) in [5, 5.41) is 3.02. The lowest BCUT2D eigenvalue weighted by Crippen LogP contribution is -2.50. The molecule has 0 spiro atoms. The van der Waals surface area contributed by atoms with Gasteiger partial charge in [-0.1, -0.05) is 38.1 Å². The SMILES string of the molecule is CCOc1ccc(CCNC(=O)C(C(C)C)N2Cc3ccccc3C2=O)cc1OCC. The van der Waals surface area contributed by atoms with E-state index in [2.05, 4.69) is 5.32 Å². The van der Waals surface area contributed by atoms with Crippen LogP contribution in [0.5, 0.6) is 11.5 Å². The van der Waals surface area contributed by atoms with Crippen LogP contribution >= 0.6 is 0 Å². The fourth-order valence-electron chi connectivity index (χ4n) is 3.99. The minimum atomic E-state index is -0.501. The largest absolute Gasteiger partial charge is 0.490 e. The Bertz CT molecular complexity index is 925. The Morgan fingerprint density at radius 2 is 1.77 bits per heavy atom. The molecule has 166 valence electrons. The summed E-state index contributed by atoms with van der Waals surface area (Å²) >= 11 is 0. The number of nitrogens with one attached hydrogen (secondary N) is 1. The van der Waals surface area contributed by atoms with Crippen LogP contribution in [0.4, 0.5) is 0 Å². The third kappa shape index (κ3) is 5.19. The third-order valence-electron chi connectivity index (χ3n) is 5.41. The molecule has 0 fully saturated rings. The molecule has 1 heterocycles. The zero-order chi connectivity index (χ0) is 22.4. The summed E-state index contributed by atoms with van der Waals surface area (Å²) in [7, 11) is 0. The number of fused-ring (bicyclic) bond motifs is 1. The van der Waals surface area contributed by atoms with Crippen molar-refractivity contribution in [3.63, 3.8) is 0 Å². The van der Waals surface area contributed by atoms with Gasteiger partial charge in [0, 0.05) is 18.7 Å². The molecule has 3 rings (SSSR count). The molecular weight excluding hydrogens is 392 g/mol. The highest BCUT2D eigenvalue weighted by Crippen LogP contribution is 2.29. The molecule has 2 amide bonds. The average Bonchev–Trinajstić information content (AvgIpc) is 3.06. The van der Waals surface area contributed by atoms with Crippen LogP contribution in [-0.2, 0) is 17.8 Å². The molecule has 1 aliphatic rings. The number of ether oxygens (including phenoxy) is 2. The van der Waals surface area contributed by atoms with Gasteiger partial charge in [0.25, 0.3) is 5.91 Å². The zero-order valence-electron chi connectivity index (χ0n) is 18.8. The van der Waals surface area contributed by atoms with Gasteiger partial charge in [-0.05, 0) is 55.5 Å². The molecule has 6 nitrogen and oxygen atoms in total. The molecule has 1 aliphatic heterocycles. The smallest absolute Gasteiger partial charge is 0.255 e. The van der Waals surface area contributed by atoms with Crippen molar-refractivity contribution in [1.82, 2.24) is 10.2 Å². The topological polar surface area (TPSA) is 67.9 Å². The summed E-state index contributed by atoms with van der Waals surface area (Å²) in [5.41, 5.74) is 2.72. The van der Waals surface area contributed by atoms with E-state index in [1.807, 2.05) is 70.2 Å². The summed E-state index contributed by atoms with van der Waals surface area (Å²) in [5.74, 6) is 1.26. The Hall–Kier alpha value is -3.02. The van der Waals surface area contributed by atoms with E-state index in [1.165, 1.54) is 0 Å². The van der Waals surface area contributed by atoms with Gasteiger partial charge in [-0.25, -0.2) is 0 Å². The number of rotatable bonds is 10. The van der Waals surface area contributed by atoms with Crippen LogP contribution in [0, 0.1) is 5.92 Å². The van der Waals surface area contributed by atoms with Crippen molar-refractivity contribution in [3.8, 4) is 11.5 Å². The number of hydrogen-bond acceptors (Lipinski definition) is 4. The monoisotopic (exact) mass is 424 g/mol. The molecule has 1 atom stereocenters. The van der Waals surface area contributed by atoms with Gasteiger partial charge in [-0.3, -0.25) is 9.59 Å². The Morgan fingerprint density at radius 1 is 1.06 bits per heavy atom. The Labute approximate surface area is 184 Å². The molecular formula is C25H32N2O4. The lowest BCUT2D eigenvalue weighted by atomic mass is 10.0. The van der Waals surface area contributed by atoms with E-state index in [1.54, 1.807) is 4.90 Å². The van der Waals surface area contributed by atoms with E-state index < -0.39 is 6.04 Å². The Morgan fingerprint density at radius 3 is 2.45 bits per heavy atom.